The van der Waals surface area contributed by atoms with Gasteiger partial charge in [-0.15, -0.1) is 0 Å². The Morgan fingerprint density at radius 1 is 1.10 bits per heavy atom. The quantitative estimate of drug-likeness (QED) is 0.789. The molecule has 0 bridgehead atoms. The van der Waals surface area contributed by atoms with Crippen molar-refractivity contribution < 1.29 is 23.6 Å². The van der Waals surface area contributed by atoms with Gasteiger partial charge in [-0.05, 0) is 12.5 Å². The number of carbonyl (C=O) groups is 4. The molecule has 0 spiro atoms. The van der Waals surface area contributed by atoms with Gasteiger partial charge >= 0.3 is 0 Å². The third kappa shape index (κ3) is 2.16. The van der Waals surface area contributed by atoms with E-state index in [1.807, 2.05) is 0 Å². The van der Waals surface area contributed by atoms with E-state index in [-0.39, 0.29) is 36.3 Å². The van der Waals surface area contributed by atoms with Crippen LogP contribution in [0.3, 0.4) is 0 Å². The Labute approximate surface area is 119 Å². The standard InChI is InChI=1S/C15H12FNO4/c16-10-3-1-2-8-13(10)11(18)6-9(14(8)20)7-4-5-12(19)17-15(7)21/h1-3,7,9H,4-6H2,(H,17,19,21). The number of piperidine rings is 1. The van der Waals surface area contributed by atoms with E-state index in [2.05, 4.69) is 5.32 Å². The average Bonchev–Trinajstić information content (AvgIpc) is 2.43. The number of rotatable bonds is 1. The number of hydrogen-bond acceptors (Lipinski definition) is 4. The highest BCUT2D eigenvalue weighted by Crippen LogP contribution is 2.34. The van der Waals surface area contributed by atoms with Crippen LogP contribution in [0.25, 0.3) is 0 Å². The summed E-state index contributed by atoms with van der Waals surface area (Å²) >= 11 is 0. The third-order valence-electron chi connectivity index (χ3n) is 4.07. The first kappa shape index (κ1) is 13.6. The fourth-order valence-electron chi connectivity index (χ4n) is 3.03. The number of halogens is 1. The molecule has 108 valence electrons. The average molecular weight is 289 g/mol. The first-order chi connectivity index (χ1) is 9.99. The van der Waals surface area contributed by atoms with Crippen molar-refractivity contribution >= 4 is 23.4 Å². The Bertz CT molecular complexity index is 682. The van der Waals surface area contributed by atoms with E-state index in [0.29, 0.717) is 0 Å². The summed E-state index contributed by atoms with van der Waals surface area (Å²) in [6, 6.07) is 3.90. The molecular formula is C15H12FNO4. The Hall–Kier alpha value is -2.37. The van der Waals surface area contributed by atoms with Crippen molar-refractivity contribution in [3.8, 4) is 0 Å². The molecule has 1 aromatic rings. The Morgan fingerprint density at radius 2 is 1.86 bits per heavy atom. The second-order valence-corrected chi connectivity index (χ2v) is 5.32. The first-order valence-corrected chi connectivity index (χ1v) is 6.68. The van der Waals surface area contributed by atoms with Crippen molar-refractivity contribution in [1.29, 1.82) is 0 Å². The van der Waals surface area contributed by atoms with Crippen LogP contribution < -0.4 is 5.32 Å². The van der Waals surface area contributed by atoms with Gasteiger partial charge in [0.05, 0.1) is 5.56 Å². The van der Waals surface area contributed by atoms with Crippen LogP contribution in [0.2, 0.25) is 0 Å². The zero-order valence-electron chi connectivity index (χ0n) is 11.0. The number of ketones is 2. The lowest BCUT2D eigenvalue weighted by atomic mass is 9.72. The molecule has 1 saturated heterocycles. The van der Waals surface area contributed by atoms with Gasteiger partial charge in [0.2, 0.25) is 11.8 Å². The van der Waals surface area contributed by atoms with Gasteiger partial charge in [-0.3, -0.25) is 24.5 Å². The van der Waals surface area contributed by atoms with Crippen LogP contribution in [0.1, 0.15) is 40.0 Å². The lowest BCUT2D eigenvalue weighted by Crippen LogP contribution is -2.47. The summed E-state index contributed by atoms with van der Waals surface area (Å²) in [5.74, 6) is -4.03. The van der Waals surface area contributed by atoms with E-state index < -0.39 is 35.1 Å². The van der Waals surface area contributed by atoms with Crippen molar-refractivity contribution in [3.63, 3.8) is 0 Å². The first-order valence-electron chi connectivity index (χ1n) is 6.68. The number of nitrogens with one attached hydrogen (secondary N) is 1. The molecule has 2 aliphatic rings. The van der Waals surface area contributed by atoms with Crippen molar-refractivity contribution in [2.24, 2.45) is 11.8 Å². The SMILES string of the molecule is O=C1CCC(C2CC(=O)c3c(F)cccc3C2=O)C(=O)N1. The summed E-state index contributed by atoms with van der Waals surface area (Å²) in [7, 11) is 0. The Balaban J connectivity index is 1.97. The molecule has 1 aromatic carbocycles. The molecule has 1 heterocycles. The number of benzene rings is 1. The van der Waals surface area contributed by atoms with Gasteiger partial charge in [-0.2, -0.15) is 0 Å². The Kier molecular flexibility index (Phi) is 3.16. The molecule has 21 heavy (non-hydrogen) atoms. The molecule has 0 aromatic heterocycles. The summed E-state index contributed by atoms with van der Waals surface area (Å²) in [6.45, 7) is 0. The summed E-state index contributed by atoms with van der Waals surface area (Å²) < 4.78 is 13.7. The van der Waals surface area contributed by atoms with Crippen LogP contribution in [-0.2, 0) is 9.59 Å². The fourth-order valence-corrected chi connectivity index (χ4v) is 3.03. The maximum Gasteiger partial charge on any atom is 0.230 e. The predicted molar refractivity (Wildman–Crippen MR) is 69.0 cm³/mol. The van der Waals surface area contributed by atoms with Gasteiger partial charge in [0.1, 0.15) is 5.82 Å². The van der Waals surface area contributed by atoms with Gasteiger partial charge in [0.15, 0.2) is 11.6 Å². The molecule has 0 saturated carbocycles. The zero-order valence-corrected chi connectivity index (χ0v) is 11.0. The van der Waals surface area contributed by atoms with E-state index in [9.17, 15) is 23.6 Å². The van der Waals surface area contributed by atoms with E-state index in [1.54, 1.807) is 0 Å². The highest BCUT2D eigenvalue weighted by Gasteiger charge is 2.43. The van der Waals surface area contributed by atoms with E-state index in [0.717, 1.165) is 6.07 Å². The minimum Gasteiger partial charge on any atom is -0.296 e. The smallest absolute Gasteiger partial charge is 0.230 e. The molecule has 6 heteroatoms. The molecule has 1 aliphatic carbocycles. The second-order valence-electron chi connectivity index (χ2n) is 5.32. The second kappa shape index (κ2) is 4.87. The van der Waals surface area contributed by atoms with Gasteiger partial charge in [0.25, 0.3) is 0 Å². The van der Waals surface area contributed by atoms with Crippen molar-refractivity contribution in [3.05, 3.63) is 35.1 Å². The van der Waals surface area contributed by atoms with Crippen LogP contribution >= 0.6 is 0 Å². The van der Waals surface area contributed by atoms with Crippen molar-refractivity contribution in [2.75, 3.05) is 0 Å². The summed E-state index contributed by atoms with van der Waals surface area (Å²) in [4.78, 5) is 47.6. The number of imide groups is 1. The number of carbonyl (C=O) groups excluding carboxylic acids is 4. The van der Waals surface area contributed by atoms with Crippen LogP contribution in [0, 0.1) is 17.7 Å². The molecule has 3 rings (SSSR count). The number of hydrogen-bond donors (Lipinski definition) is 1. The zero-order chi connectivity index (χ0) is 15.1. The fraction of sp³-hybridized carbons (Fsp3) is 0.333. The maximum absolute atomic E-state index is 13.7. The molecular weight excluding hydrogens is 277 g/mol. The number of fused-ring (bicyclic) bond motifs is 1. The third-order valence-corrected chi connectivity index (χ3v) is 4.07. The minimum atomic E-state index is -0.820. The largest absolute Gasteiger partial charge is 0.296 e. The molecule has 2 atom stereocenters. The van der Waals surface area contributed by atoms with Crippen LogP contribution in [-0.4, -0.2) is 23.4 Å². The molecule has 1 N–H and O–H groups in total. The molecule has 5 nitrogen and oxygen atoms in total. The van der Waals surface area contributed by atoms with E-state index in [1.165, 1.54) is 12.1 Å². The summed E-state index contributed by atoms with van der Waals surface area (Å²) in [5, 5.41) is 2.18. The lowest BCUT2D eigenvalue weighted by molar-refractivity contribution is -0.137. The van der Waals surface area contributed by atoms with Gasteiger partial charge in [-0.25, -0.2) is 4.39 Å². The molecule has 2 amide bonds. The van der Waals surface area contributed by atoms with Gasteiger partial charge in [0, 0.05) is 30.2 Å². The predicted octanol–water partition coefficient (Wildman–Crippen LogP) is 1.26. The number of amides is 2. The Morgan fingerprint density at radius 3 is 2.57 bits per heavy atom. The maximum atomic E-state index is 13.7. The molecule has 1 fully saturated rings. The van der Waals surface area contributed by atoms with Crippen molar-refractivity contribution in [2.45, 2.75) is 19.3 Å². The van der Waals surface area contributed by atoms with Gasteiger partial charge in [-0.1, -0.05) is 12.1 Å². The topological polar surface area (TPSA) is 80.3 Å². The molecule has 2 unspecified atom stereocenters. The van der Waals surface area contributed by atoms with Crippen molar-refractivity contribution in [1.82, 2.24) is 5.32 Å². The normalized spacial score (nSPS) is 25.6. The number of Topliss-reactive ketones (excluding diaryl/α,β-unsaturated/α-hetero) is 2. The highest BCUT2D eigenvalue weighted by atomic mass is 19.1. The van der Waals surface area contributed by atoms with Crippen LogP contribution in [0.5, 0.6) is 0 Å². The van der Waals surface area contributed by atoms with Crippen LogP contribution in [0.4, 0.5) is 4.39 Å². The van der Waals surface area contributed by atoms with Crippen LogP contribution in [0.15, 0.2) is 18.2 Å². The lowest BCUT2D eigenvalue weighted by Gasteiger charge is -2.30. The summed E-state index contributed by atoms with van der Waals surface area (Å²) in [5.41, 5.74) is -0.160. The molecule has 0 radical (unpaired) electrons. The molecule has 1 aliphatic heterocycles. The summed E-state index contributed by atoms with van der Waals surface area (Å²) in [6.07, 6.45) is 0.183. The monoisotopic (exact) mass is 289 g/mol. The van der Waals surface area contributed by atoms with E-state index >= 15 is 0 Å². The minimum absolute atomic E-state index is 0.0287. The van der Waals surface area contributed by atoms with Gasteiger partial charge < -0.3 is 0 Å². The van der Waals surface area contributed by atoms with E-state index in [4.69, 9.17) is 0 Å². The highest BCUT2D eigenvalue weighted by molar-refractivity contribution is 6.16.